The van der Waals surface area contributed by atoms with Crippen LogP contribution in [0, 0.1) is 0 Å². The molecule has 0 radical (unpaired) electrons. The average Bonchev–Trinajstić information content (AvgIpc) is 2.94. The van der Waals surface area contributed by atoms with Crippen molar-refractivity contribution in [3.63, 3.8) is 0 Å². The van der Waals surface area contributed by atoms with Crippen LogP contribution in [0.4, 0.5) is 11.5 Å². The molecule has 0 amide bonds. The van der Waals surface area contributed by atoms with E-state index in [1.54, 1.807) is 0 Å². The van der Waals surface area contributed by atoms with Gasteiger partial charge in [0.1, 0.15) is 5.82 Å². The number of hydrogen-bond acceptors (Lipinski definition) is 3. The number of aryl methyl sites for hydroxylation is 1. The van der Waals surface area contributed by atoms with E-state index < -0.39 is 0 Å². The number of aromatic nitrogens is 3. The second kappa shape index (κ2) is 5.25. The number of anilines is 2. The number of fused-ring (bicyclic) bond motifs is 2. The maximum absolute atomic E-state index is 6.10. The van der Waals surface area contributed by atoms with Gasteiger partial charge in [-0.25, -0.2) is 4.98 Å². The molecule has 0 N–H and O–H groups in total. The number of para-hydroxylation sites is 1. The summed E-state index contributed by atoms with van der Waals surface area (Å²) in [6, 6.07) is 16.4. The molecule has 0 saturated heterocycles. The fraction of sp³-hybridized carbons (Fsp3) is 0.111. The standard InChI is InChI=1S/C18H15ClN4/c1-22-10-9-12-11-13(7-8-16(12)22)23(2)17-14-5-3-4-6-15(14)20-18(19)21-17/h3-11H,1-2H3. The third kappa shape index (κ3) is 2.32. The van der Waals surface area contributed by atoms with E-state index in [9.17, 15) is 0 Å². The van der Waals surface area contributed by atoms with Crippen LogP contribution < -0.4 is 4.90 Å². The van der Waals surface area contributed by atoms with Crippen LogP contribution in [0.25, 0.3) is 21.8 Å². The summed E-state index contributed by atoms with van der Waals surface area (Å²) in [6.07, 6.45) is 2.06. The maximum Gasteiger partial charge on any atom is 0.224 e. The van der Waals surface area contributed by atoms with Gasteiger partial charge in [0, 0.05) is 42.3 Å². The summed E-state index contributed by atoms with van der Waals surface area (Å²) < 4.78 is 2.11. The van der Waals surface area contributed by atoms with Crippen LogP contribution in [0.5, 0.6) is 0 Å². The fourth-order valence-corrected chi connectivity index (χ4v) is 3.06. The zero-order chi connectivity index (χ0) is 16.0. The van der Waals surface area contributed by atoms with Crippen LogP contribution in [0.2, 0.25) is 5.28 Å². The summed E-state index contributed by atoms with van der Waals surface area (Å²) in [6.45, 7) is 0. The zero-order valence-electron chi connectivity index (χ0n) is 12.9. The number of hydrogen-bond donors (Lipinski definition) is 0. The lowest BCUT2D eigenvalue weighted by Crippen LogP contribution is -2.12. The second-order valence-electron chi connectivity index (χ2n) is 5.56. The molecule has 2 aromatic heterocycles. The minimum atomic E-state index is 0.256. The van der Waals surface area contributed by atoms with Crippen LogP contribution in [0.1, 0.15) is 0 Å². The van der Waals surface area contributed by atoms with E-state index >= 15 is 0 Å². The van der Waals surface area contributed by atoms with E-state index in [-0.39, 0.29) is 5.28 Å². The van der Waals surface area contributed by atoms with Gasteiger partial charge in [-0.3, -0.25) is 0 Å². The molecule has 23 heavy (non-hydrogen) atoms. The third-order valence-electron chi connectivity index (χ3n) is 4.13. The normalized spacial score (nSPS) is 11.3. The number of nitrogens with zero attached hydrogens (tertiary/aromatic N) is 4. The van der Waals surface area contributed by atoms with Crippen LogP contribution in [-0.2, 0) is 7.05 Å². The Morgan fingerprint density at radius 1 is 1.04 bits per heavy atom. The second-order valence-corrected chi connectivity index (χ2v) is 5.90. The molecule has 0 aliphatic rings. The Labute approximate surface area is 139 Å². The molecule has 2 heterocycles. The first kappa shape index (κ1) is 14.0. The lowest BCUT2D eigenvalue weighted by Gasteiger charge is -2.20. The van der Waals surface area contributed by atoms with Crippen molar-refractivity contribution in [3.8, 4) is 0 Å². The van der Waals surface area contributed by atoms with Crippen molar-refractivity contribution in [2.24, 2.45) is 7.05 Å². The summed E-state index contributed by atoms with van der Waals surface area (Å²) in [5, 5.41) is 2.43. The highest BCUT2D eigenvalue weighted by Crippen LogP contribution is 2.31. The molecule has 0 bridgehead atoms. The lowest BCUT2D eigenvalue weighted by molar-refractivity contribution is 0.969. The van der Waals surface area contributed by atoms with Gasteiger partial charge in [-0.05, 0) is 48.0 Å². The molecule has 2 aromatic carbocycles. The van der Waals surface area contributed by atoms with E-state index in [4.69, 9.17) is 11.6 Å². The minimum Gasteiger partial charge on any atom is -0.351 e. The van der Waals surface area contributed by atoms with Crippen molar-refractivity contribution in [2.45, 2.75) is 0 Å². The molecule has 4 nitrogen and oxygen atoms in total. The molecule has 114 valence electrons. The molecule has 0 spiro atoms. The summed E-state index contributed by atoms with van der Waals surface area (Å²) >= 11 is 6.10. The molecule has 0 saturated carbocycles. The Kier molecular flexibility index (Phi) is 3.20. The average molecular weight is 323 g/mol. The van der Waals surface area contributed by atoms with Crippen molar-refractivity contribution in [1.82, 2.24) is 14.5 Å². The SMILES string of the molecule is CN(c1ccc2c(ccn2C)c1)c1nc(Cl)nc2ccccc12. The zero-order valence-corrected chi connectivity index (χ0v) is 13.6. The Balaban J connectivity index is 1.88. The summed E-state index contributed by atoms with van der Waals surface area (Å²) in [5.74, 6) is 0.802. The molecule has 4 rings (SSSR count). The first-order valence-corrected chi connectivity index (χ1v) is 7.72. The molecular formula is C18H15ClN4. The predicted molar refractivity (Wildman–Crippen MR) is 95.5 cm³/mol. The molecule has 0 unspecified atom stereocenters. The summed E-state index contributed by atoms with van der Waals surface area (Å²) in [4.78, 5) is 10.8. The van der Waals surface area contributed by atoms with Crippen LogP contribution in [-0.4, -0.2) is 21.6 Å². The maximum atomic E-state index is 6.10. The van der Waals surface area contributed by atoms with E-state index in [0.29, 0.717) is 0 Å². The van der Waals surface area contributed by atoms with E-state index in [2.05, 4.69) is 45.0 Å². The molecular weight excluding hydrogens is 308 g/mol. The number of rotatable bonds is 2. The molecule has 0 atom stereocenters. The van der Waals surface area contributed by atoms with Crippen molar-refractivity contribution >= 4 is 44.9 Å². The van der Waals surface area contributed by atoms with E-state index in [0.717, 1.165) is 22.4 Å². The van der Waals surface area contributed by atoms with Gasteiger partial charge in [0.15, 0.2) is 0 Å². The summed E-state index contributed by atoms with van der Waals surface area (Å²) in [5.41, 5.74) is 3.10. The Morgan fingerprint density at radius 3 is 2.74 bits per heavy atom. The molecule has 0 fully saturated rings. The number of halogens is 1. The third-order valence-corrected chi connectivity index (χ3v) is 4.30. The van der Waals surface area contributed by atoms with Gasteiger partial charge in [-0.1, -0.05) is 12.1 Å². The van der Waals surface area contributed by atoms with Crippen molar-refractivity contribution < 1.29 is 0 Å². The van der Waals surface area contributed by atoms with Gasteiger partial charge < -0.3 is 9.47 Å². The lowest BCUT2D eigenvalue weighted by atomic mass is 10.2. The highest BCUT2D eigenvalue weighted by Gasteiger charge is 2.13. The van der Waals surface area contributed by atoms with Gasteiger partial charge >= 0.3 is 0 Å². The smallest absolute Gasteiger partial charge is 0.224 e. The van der Waals surface area contributed by atoms with Crippen LogP contribution in [0.3, 0.4) is 0 Å². The van der Waals surface area contributed by atoms with Crippen molar-refractivity contribution in [3.05, 3.63) is 60.0 Å². The Hall–Kier alpha value is -2.59. The van der Waals surface area contributed by atoms with E-state index in [1.165, 1.54) is 10.9 Å². The van der Waals surface area contributed by atoms with Gasteiger partial charge in [0.05, 0.1) is 5.52 Å². The first-order valence-electron chi connectivity index (χ1n) is 7.34. The monoisotopic (exact) mass is 322 g/mol. The van der Waals surface area contributed by atoms with E-state index in [1.807, 2.05) is 43.3 Å². The van der Waals surface area contributed by atoms with Crippen LogP contribution in [0.15, 0.2) is 54.7 Å². The Bertz CT molecular complexity index is 1020. The van der Waals surface area contributed by atoms with Crippen LogP contribution >= 0.6 is 11.6 Å². The predicted octanol–water partition coefficient (Wildman–Crippen LogP) is 4.54. The fourth-order valence-electron chi connectivity index (χ4n) is 2.89. The van der Waals surface area contributed by atoms with Crippen molar-refractivity contribution in [1.29, 1.82) is 0 Å². The molecule has 0 aliphatic carbocycles. The van der Waals surface area contributed by atoms with Gasteiger partial charge in [0.2, 0.25) is 5.28 Å². The quantitative estimate of drug-likeness (QED) is 0.508. The molecule has 4 aromatic rings. The topological polar surface area (TPSA) is 34.0 Å². The Morgan fingerprint density at radius 2 is 1.87 bits per heavy atom. The van der Waals surface area contributed by atoms with Crippen molar-refractivity contribution in [2.75, 3.05) is 11.9 Å². The van der Waals surface area contributed by atoms with Gasteiger partial charge in [-0.2, -0.15) is 4.98 Å². The molecule has 5 heteroatoms. The summed E-state index contributed by atoms with van der Waals surface area (Å²) in [7, 11) is 4.04. The number of benzene rings is 2. The minimum absolute atomic E-state index is 0.256. The largest absolute Gasteiger partial charge is 0.351 e. The highest BCUT2D eigenvalue weighted by atomic mass is 35.5. The highest BCUT2D eigenvalue weighted by molar-refractivity contribution is 6.28. The molecule has 0 aliphatic heterocycles. The van der Waals surface area contributed by atoms with Gasteiger partial charge in [0.25, 0.3) is 0 Å². The van der Waals surface area contributed by atoms with Gasteiger partial charge in [-0.15, -0.1) is 0 Å². The first-order chi connectivity index (χ1) is 11.1.